The highest BCUT2D eigenvalue weighted by Crippen LogP contribution is 2.24. The number of aromatic nitrogens is 1. The van der Waals surface area contributed by atoms with Gasteiger partial charge in [-0.1, -0.05) is 15.9 Å². The van der Waals surface area contributed by atoms with E-state index in [9.17, 15) is 9.59 Å². The lowest BCUT2D eigenvalue weighted by Gasteiger charge is -2.10. The molecule has 0 aliphatic carbocycles. The van der Waals surface area contributed by atoms with Gasteiger partial charge in [-0.15, -0.1) is 0 Å². The molecule has 0 saturated carbocycles. The molecule has 0 aliphatic rings. The quantitative estimate of drug-likeness (QED) is 0.0760. The van der Waals surface area contributed by atoms with Crippen LogP contribution in [0.2, 0.25) is 0 Å². The fourth-order valence-electron chi connectivity index (χ4n) is 4.31. The minimum atomic E-state index is -0.545. The van der Waals surface area contributed by atoms with Crippen LogP contribution in [-0.4, -0.2) is 29.8 Å². The Balaban J connectivity index is 1.17. The third-order valence-corrected chi connectivity index (χ3v) is 7.00. The number of aryl methyl sites for hydroxylation is 2. The summed E-state index contributed by atoms with van der Waals surface area (Å²) in [5.41, 5.74) is 6.62. The maximum atomic E-state index is 12.6. The number of carbonyl (C=O) groups excluding carboxylic acids is 2. The predicted octanol–water partition coefficient (Wildman–Crippen LogP) is 7.02. The van der Waals surface area contributed by atoms with Crippen LogP contribution in [0.5, 0.6) is 17.2 Å². The topological polar surface area (TPSA) is 104 Å². The highest BCUT2D eigenvalue weighted by Gasteiger charge is 2.14. The summed E-state index contributed by atoms with van der Waals surface area (Å²) >= 11 is 3.40. The summed E-state index contributed by atoms with van der Waals surface area (Å²) in [6.07, 6.45) is 1.38. The number of halogens is 1. The van der Waals surface area contributed by atoms with Crippen LogP contribution in [0.1, 0.15) is 43.6 Å². The average molecular weight is 643 g/mol. The molecule has 10 heteroatoms. The van der Waals surface area contributed by atoms with Gasteiger partial charge in [-0.3, -0.25) is 4.79 Å². The number of hydrogen-bond acceptors (Lipinski definition) is 7. The van der Waals surface area contributed by atoms with Crippen molar-refractivity contribution < 1.29 is 28.2 Å². The fourth-order valence-corrected chi connectivity index (χ4v) is 4.69. The van der Waals surface area contributed by atoms with Crippen molar-refractivity contribution in [3.8, 4) is 22.9 Å². The van der Waals surface area contributed by atoms with Crippen LogP contribution < -0.4 is 19.6 Å². The SMILES string of the molecule is COc1ccc(C(=O)Oc2ccc(Br)cc2/C=N\NC(=O)c2ccc(COc3ccc(-n4c(C)ccc4C)cc3)o2)cc1. The first-order valence-electron chi connectivity index (χ1n) is 13.3. The Kier molecular flexibility index (Phi) is 9.07. The van der Waals surface area contributed by atoms with Gasteiger partial charge in [0.15, 0.2) is 5.76 Å². The second-order valence-electron chi connectivity index (χ2n) is 9.50. The highest BCUT2D eigenvalue weighted by atomic mass is 79.9. The largest absolute Gasteiger partial charge is 0.497 e. The van der Waals surface area contributed by atoms with Crippen LogP contribution >= 0.6 is 15.9 Å². The van der Waals surface area contributed by atoms with Crippen LogP contribution in [0.25, 0.3) is 5.69 Å². The predicted molar refractivity (Wildman–Crippen MR) is 165 cm³/mol. The number of nitrogens with one attached hydrogen (secondary N) is 1. The Morgan fingerprint density at radius 1 is 0.907 bits per heavy atom. The Labute approximate surface area is 256 Å². The maximum Gasteiger partial charge on any atom is 0.343 e. The molecule has 43 heavy (non-hydrogen) atoms. The van der Waals surface area contributed by atoms with Gasteiger partial charge in [-0.2, -0.15) is 5.10 Å². The van der Waals surface area contributed by atoms with Gasteiger partial charge < -0.3 is 23.2 Å². The van der Waals surface area contributed by atoms with Crippen molar-refractivity contribution in [1.29, 1.82) is 0 Å². The third-order valence-electron chi connectivity index (χ3n) is 6.50. The molecule has 0 fully saturated rings. The molecule has 5 aromatic rings. The van der Waals surface area contributed by atoms with Crippen LogP contribution in [0, 0.1) is 13.8 Å². The molecule has 0 aliphatic heterocycles. The minimum absolute atomic E-state index is 0.0741. The Morgan fingerprint density at radius 3 is 2.30 bits per heavy atom. The molecule has 2 heterocycles. The number of nitrogens with zero attached hydrogens (tertiary/aromatic N) is 2. The van der Waals surface area contributed by atoms with Gasteiger partial charge >= 0.3 is 11.9 Å². The number of rotatable bonds is 10. The summed E-state index contributed by atoms with van der Waals surface area (Å²) in [7, 11) is 1.55. The van der Waals surface area contributed by atoms with Crippen LogP contribution in [0.15, 0.2) is 105 Å². The Hall–Kier alpha value is -5.09. The molecule has 5 rings (SSSR count). The number of furan rings is 1. The van der Waals surface area contributed by atoms with E-state index in [0.29, 0.717) is 28.4 Å². The van der Waals surface area contributed by atoms with Crippen molar-refractivity contribution in [2.75, 3.05) is 7.11 Å². The number of ether oxygens (including phenoxy) is 3. The standard InChI is InChI=1S/C33H28BrN3O6/c1-21-4-5-22(2)37(21)26-9-13-28(14-10-26)41-20-29-15-17-31(42-29)32(38)36-35-19-24-18-25(34)8-16-30(24)43-33(39)23-6-11-27(40-3)12-7-23/h4-19H,20H2,1-3H3,(H,36,38)/b35-19-. The normalized spacial score (nSPS) is 11.0. The van der Waals surface area contributed by atoms with E-state index in [1.54, 1.807) is 61.7 Å². The lowest BCUT2D eigenvalue weighted by atomic mass is 10.2. The van der Waals surface area contributed by atoms with E-state index in [4.69, 9.17) is 18.6 Å². The second kappa shape index (κ2) is 13.3. The summed E-state index contributed by atoms with van der Waals surface area (Å²) in [5, 5.41) is 4.02. The van der Waals surface area contributed by atoms with Crippen LogP contribution in [-0.2, 0) is 6.61 Å². The number of carbonyl (C=O) groups is 2. The zero-order chi connectivity index (χ0) is 30.3. The molecule has 0 atom stereocenters. The fraction of sp³-hybridized carbons (Fsp3) is 0.121. The molecule has 3 aromatic carbocycles. The molecule has 0 saturated heterocycles. The lowest BCUT2D eigenvalue weighted by Crippen LogP contribution is -2.17. The van der Waals surface area contributed by atoms with Gasteiger partial charge in [0.25, 0.3) is 0 Å². The smallest absolute Gasteiger partial charge is 0.343 e. The van der Waals surface area contributed by atoms with E-state index in [2.05, 4.69) is 57.0 Å². The van der Waals surface area contributed by atoms with Crippen molar-refractivity contribution in [2.45, 2.75) is 20.5 Å². The first-order chi connectivity index (χ1) is 20.8. The number of hydrogen-bond donors (Lipinski definition) is 1. The van der Waals surface area contributed by atoms with Crippen molar-refractivity contribution in [3.63, 3.8) is 0 Å². The van der Waals surface area contributed by atoms with E-state index in [1.807, 2.05) is 24.3 Å². The summed E-state index contributed by atoms with van der Waals surface area (Å²) in [4.78, 5) is 25.3. The van der Waals surface area contributed by atoms with Gasteiger partial charge in [0.2, 0.25) is 0 Å². The molecule has 1 N–H and O–H groups in total. The number of methoxy groups -OCH3 is 1. The molecule has 1 amide bonds. The molecule has 218 valence electrons. The molecule has 2 aromatic heterocycles. The van der Waals surface area contributed by atoms with E-state index in [1.165, 1.54) is 6.21 Å². The van der Waals surface area contributed by atoms with Crippen molar-refractivity contribution >= 4 is 34.0 Å². The first-order valence-corrected chi connectivity index (χ1v) is 14.1. The average Bonchev–Trinajstić information content (AvgIpc) is 3.63. The number of benzene rings is 3. The van der Waals surface area contributed by atoms with Gasteiger partial charge in [0.1, 0.15) is 29.6 Å². The highest BCUT2D eigenvalue weighted by molar-refractivity contribution is 9.10. The zero-order valence-corrected chi connectivity index (χ0v) is 25.3. The summed E-state index contributed by atoms with van der Waals surface area (Å²) in [6, 6.07) is 26.8. The Morgan fingerprint density at radius 2 is 1.60 bits per heavy atom. The molecular weight excluding hydrogens is 614 g/mol. The van der Waals surface area contributed by atoms with Crippen molar-refractivity contribution in [1.82, 2.24) is 9.99 Å². The van der Waals surface area contributed by atoms with Gasteiger partial charge in [-0.25, -0.2) is 10.2 Å². The number of hydrazone groups is 1. The summed E-state index contributed by atoms with van der Waals surface area (Å²) < 4.78 is 25.1. The molecule has 0 spiro atoms. The minimum Gasteiger partial charge on any atom is -0.497 e. The first kappa shape index (κ1) is 29.4. The monoisotopic (exact) mass is 641 g/mol. The van der Waals surface area contributed by atoms with Crippen molar-refractivity contribution in [3.05, 3.63) is 130 Å². The van der Waals surface area contributed by atoms with Gasteiger partial charge in [0, 0.05) is 27.1 Å². The lowest BCUT2D eigenvalue weighted by molar-refractivity contribution is 0.0734. The maximum absolute atomic E-state index is 12.6. The van der Waals surface area contributed by atoms with E-state index in [0.717, 1.165) is 21.5 Å². The van der Waals surface area contributed by atoms with E-state index < -0.39 is 11.9 Å². The number of esters is 1. The second-order valence-corrected chi connectivity index (χ2v) is 10.4. The molecular formula is C33H28BrN3O6. The van der Waals surface area contributed by atoms with Gasteiger partial charge in [0.05, 0.1) is 18.9 Å². The van der Waals surface area contributed by atoms with E-state index >= 15 is 0 Å². The molecule has 9 nitrogen and oxygen atoms in total. The molecule has 0 bridgehead atoms. The number of amides is 1. The zero-order valence-electron chi connectivity index (χ0n) is 23.7. The molecule has 0 unspecified atom stereocenters. The molecule has 0 radical (unpaired) electrons. The third kappa shape index (κ3) is 7.22. The Bertz CT molecular complexity index is 1750. The summed E-state index contributed by atoms with van der Waals surface area (Å²) in [5.74, 6) is 1.04. The summed E-state index contributed by atoms with van der Waals surface area (Å²) in [6.45, 7) is 4.28. The van der Waals surface area contributed by atoms with Crippen LogP contribution in [0.4, 0.5) is 0 Å². The van der Waals surface area contributed by atoms with E-state index in [-0.39, 0.29) is 18.1 Å². The van der Waals surface area contributed by atoms with Crippen molar-refractivity contribution in [2.24, 2.45) is 5.10 Å². The van der Waals surface area contributed by atoms with Gasteiger partial charge in [-0.05, 0) is 105 Å². The van der Waals surface area contributed by atoms with Crippen LogP contribution in [0.3, 0.4) is 0 Å².